The molecule has 2 heterocycles. The van der Waals surface area contributed by atoms with Gasteiger partial charge in [-0.05, 0) is 81.6 Å². The van der Waals surface area contributed by atoms with Crippen LogP contribution in [0.1, 0.15) is 47.3 Å². The number of fused-ring (bicyclic) bond motifs is 4. The molecule has 0 unspecified atom stereocenters. The Morgan fingerprint density at radius 2 is 1.70 bits per heavy atom. The van der Waals surface area contributed by atoms with Crippen LogP contribution in [0.25, 0.3) is 32.6 Å². The van der Waals surface area contributed by atoms with E-state index in [2.05, 4.69) is 21.8 Å². The Balaban J connectivity index is 0.00000280. The standard InChI is InChI=1S/C29H34N4O5.2ClH/c1-17-20-12-13-30-27(29(37)31-14-15-32(3)4)25(20)18(2)26-21-16-19(10-11-22(21)33(5)28(17)26)38-24(36)9-7-6-8-23(34)35;;/h10-13,16H,6-9,14-15H2,1-5H3,(H,31,37)(H,34,35);2*1H. The van der Waals surface area contributed by atoms with E-state index in [1.54, 1.807) is 12.3 Å². The summed E-state index contributed by atoms with van der Waals surface area (Å²) in [4.78, 5) is 42.7. The highest BCUT2D eigenvalue weighted by Gasteiger charge is 2.22. The molecule has 40 heavy (non-hydrogen) atoms. The molecule has 0 bridgehead atoms. The first-order chi connectivity index (χ1) is 18.1. The fourth-order valence-corrected chi connectivity index (χ4v) is 5.09. The van der Waals surface area contributed by atoms with Gasteiger partial charge in [-0.25, -0.2) is 0 Å². The average molecular weight is 592 g/mol. The van der Waals surface area contributed by atoms with Crippen LogP contribution in [0.2, 0.25) is 0 Å². The van der Waals surface area contributed by atoms with E-state index in [9.17, 15) is 14.4 Å². The maximum Gasteiger partial charge on any atom is 0.311 e. The summed E-state index contributed by atoms with van der Waals surface area (Å²) >= 11 is 0. The number of rotatable bonds is 10. The zero-order chi connectivity index (χ0) is 27.6. The summed E-state index contributed by atoms with van der Waals surface area (Å²) in [5.74, 6) is -1.05. The van der Waals surface area contributed by atoms with Crippen LogP contribution in [0.15, 0.2) is 30.5 Å². The number of hydrogen-bond acceptors (Lipinski definition) is 6. The van der Waals surface area contributed by atoms with Gasteiger partial charge in [-0.2, -0.15) is 0 Å². The molecule has 0 radical (unpaired) electrons. The van der Waals surface area contributed by atoms with Crippen LogP contribution in [-0.4, -0.2) is 64.6 Å². The molecule has 0 saturated carbocycles. The molecule has 0 aliphatic rings. The number of nitrogens with zero attached hydrogens (tertiary/aromatic N) is 3. The lowest BCUT2D eigenvalue weighted by Gasteiger charge is -2.15. The number of nitrogens with one attached hydrogen (secondary N) is 1. The minimum absolute atomic E-state index is 0. The lowest BCUT2D eigenvalue weighted by Crippen LogP contribution is -2.32. The molecule has 2 aromatic heterocycles. The van der Waals surface area contributed by atoms with Crippen molar-refractivity contribution < 1.29 is 24.2 Å². The second kappa shape index (κ2) is 13.8. The van der Waals surface area contributed by atoms with E-state index in [1.807, 2.05) is 51.2 Å². The summed E-state index contributed by atoms with van der Waals surface area (Å²) in [7, 11) is 5.92. The monoisotopic (exact) mass is 590 g/mol. The number of benzene rings is 2. The highest BCUT2D eigenvalue weighted by atomic mass is 35.5. The highest BCUT2D eigenvalue weighted by Crippen LogP contribution is 2.40. The number of carboxylic acids is 1. The molecule has 216 valence electrons. The second-order valence-electron chi connectivity index (χ2n) is 9.93. The van der Waals surface area contributed by atoms with Crippen LogP contribution >= 0.6 is 24.8 Å². The van der Waals surface area contributed by atoms with Gasteiger partial charge in [0.15, 0.2) is 0 Å². The molecule has 0 fully saturated rings. The maximum absolute atomic E-state index is 13.1. The van der Waals surface area contributed by atoms with Crippen molar-refractivity contribution >= 4 is 75.2 Å². The summed E-state index contributed by atoms with van der Waals surface area (Å²) in [6.45, 7) is 5.30. The van der Waals surface area contributed by atoms with Gasteiger partial charge in [0.25, 0.3) is 5.91 Å². The number of likely N-dealkylation sites (N-methyl/N-ethyl adjacent to an activating group) is 1. The number of hydrogen-bond donors (Lipinski definition) is 2. The first-order valence-electron chi connectivity index (χ1n) is 12.8. The van der Waals surface area contributed by atoms with Crippen molar-refractivity contribution in [1.29, 1.82) is 0 Å². The molecule has 1 amide bonds. The van der Waals surface area contributed by atoms with Gasteiger partial charge in [0.1, 0.15) is 11.4 Å². The molecule has 0 spiro atoms. The largest absolute Gasteiger partial charge is 0.481 e. The maximum atomic E-state index is 13.1. The Hall–Kier alpha value is -3.40. The lowest BCUT2D eigenvalue weighted by atomic mass is 9.94. The minimum Gasteiger partial charge on any atom is -0.481 e. The van der Waals surface area contributed by atoms with Gasteiger partial charge in [0.05, 0.1) is 5.52 Å². The number of carboxylic acid groups (broad SMARTS) is 1. The molecule has 0 aliphatic carbocycles. The van der Waals surface area contributed by atoms with Crippen molar-refractivity contribution in [2.75, 3.05) is 27.2 Å². The van der Waals surface area contributed by atoms with Crippen molar-refractivity contribution in [2.45, 2.75) is 39.5 Å². The number of unbranched alkanes of at least 4 members (excludes halogenated alkanes) is 1. The van der Waals surface area contributed by atoms with Crippen molar-refractivity contribution in [2.24, 2.45) is 7.05 Å². The van der Waals surface area contributed by atoms with Crippen molar-refractivity contribution in [3.05, 3.63) is 47.3 Å². The molecule has 2 N–H and O–H groups in total. The van der Waals surface area contributed by atoms with Gasteiger partial charge in [-0.3, -0.25) is 19.4 Å². The average Bonchev–Trinajstić information content (AvgIpc) is 3.16. The van der Waals surface area contributed by atoms with Crippen LogP contribution in [0.5, 0.6) is 5.75 Å². The van der Waals surface area contributed by atoms with Gasteiger partial charge in [-0.1, -0.05) is 0 Å². The van der Waals surface area contributed by atoms with Crippen molar-refractivity contribution in [1.82, 2.24) is 19.8 Å². The molecule has 11 heteroatoms. The van der Waals surface area contributed by atoms with Crippen molar-refractivity contribution in [3.63, 3.8) is 0 Å². The Morgan fingerprint density at radius 3 is 2.38 bits per heavy atom. The third kappa shape index (κ3) is 6.66. The SMILES string of the molecule is Cc1c2c(C(=O)NCCN(C)C)nccc2c(C)c2c1c1cc(OC(=O)CCCCC(=O)O)ccc1n2C.Cl.Cl. The summed E-state index contributed by atoms with van der Waals surface area (Å²) in [5.41, 5.74) is 4.40. The van der Waals surface area contributed by atoms with E-state index >= 15 is 0 Å². The predicted molar refractivity (Wildman–Crippen MR) is 162 cm³/mol. The number of carbonyl (C=O) groups excluding carboxylic acids is 2. The van der Waals surface area contributed by atoms with Crippen LogP contribution in [0.4, 0.5) is 0 Å². The van der Waals surface area contributed by atoms with E-state index in [-0.39, 0.29) is 43.6 Å². The van der Waals surface area contributed by atoms with Gasteiger partial charge in [-0.15, -0.1) is 24.8 Å². The van der Waals surface area contributed by atoms with Crippen molar-refractivity contribution in [3.8, 4) is 5.75 Å². The molecule has 4 aromatic rings. The predicted octanol–water partition coefficient (Wildman–Crippen LogP) is 5.18. The number of esters is 1. The molecule has 4 rings (SSSR count). The number of aliphatic carboxylic acids is 1. The van der Waals surface area contributed by atoms with Gasteiger partial charge >= 0.3 is 11.9 Å². The zero-order valence-electron chi connectivity index (χ0n) is 23.4. The van der Waals surface area contributed by atoms with Crippen LogP contribution in [0.3, 0.4) is 0 Å². The van der Waals surface area contributed by atoms with E-state index < -0.39 is 11.9 Å². The van der Waals surface area contributed by atoms with Crippen LogP contribution in [-0.2, 0) is 16.6 Å². The quantitative estimate of drug-likeness (QED) is 0.148. The van der Waals surface area contributed by atoms with Gasteiger partial charge in [0.2, 0.25) is 0 Å². The number of aryl methyl sites for hydroxylation is 3. The zero-order valence-corrected chi connectivity index (χ0v) is 25.0. The van der Waals surface area contributed by atoms with Gasteiger partial charge in [0, 0.05) is 60.9 Å². The smallest absolute Gasteiger partial charge is 0.311 e. The Kier molecular flexibility index (Phi) is 11.3. The Bertz CT molecular complexity index is 1570. The summed E-state index contributed by atoms with van der Waals surface area (Å²) in [5, 5.41) is 15.4. The van der Waals surface area contributed by atoms with Crippen LogP contribution < -0.4 is 10.1 Å². The molecule has 0 aliphatic heterocycles. The first-order valence-corrected chi connectivity index (χ1v) is 12.8. The molecule has 0 saturated heterocycles. The molecular formula is C29H36Cl2N4O5. The van der Waals surface area contributed by atoms with E-state index in [0.29, 0.717) is 30.8 Å². The number of pyridine rings is 1. The summed E-state index contributed by atoms with van der Waals surface area (Å²) in [6, 6.07) is 7.51. The highest BCUT2D eigenvalue weighted by molar-refractivity contribution is 6.20. The van der Waals surface area contributed by atoms with Gasteiger partial charge < -0.3 is 24.6 Å². The molecule has 2 aromatic carbocycles. The normalized spacial score (nSPS) is 10.9. The third-order valence-corrected chi connectivity index (χ3v) is 6.94. The summed E-state index contributed by atoms with van der Waals surface area (Å²) in [6.07, 6.45) is 2.75. The molecular weight excluding hydrogens is 555 g/mol. The second-order valence-corrected chi connectivity index (χ2v) is 9.93. The first kappa shape index (κ1) is 32.8. The van der Waals surface area contributed by atoms with E-state index in [4.69, 9.17) is 9.84 Å². The Labute approximate surface area is 245 Å². The fraction of sp³-hybridized carbons (Fsp3) is 0.379. The molecule has 0 atom stereocenters. The van der Waals surface area contributed by atoms with E-state index in [0.717, 1.165) is 50.2 Å². The number of halogens is 2. The third-order valence-electron chi connectivity index (χ3n) is 6.94. The number of ether oxygens (including phenoxy) is 1. The number of aromatic nitrogens is 2. The number of amides is 1. The molecule has 9 nitrogen and oxygen atoms in total. The summed E-state index contributed by atoms with van der Waals surface area (Å²) < 4.78 is 7.72. The number of carbonyl (C=O) groups is 3. The van der Waals surface area contributed by atoms with Crippen LogP contribution in [0, 0.1) is 13.8 Å². The lowest BCUT2D eigenvalue weighted by molar-refractivity contribution is -0.138. The fourth-order valence-electron chi connectivity index (χ4n) is 5.09. The minimum atomic E-state index is -0.873. The Morgan fingerprint density at radius 1 is 1.00 bits per heavy atom. The topological polar surface area (TPSA) is 114 Å². The van der Waals surface area contributed by atoms with E-state index in [1.165, 1.54) is 0 Å².